The Labute approximate surface area is 199 Å². The van der Waals surface area contributed by atoms with Crippen LogP contribution in [0.25, 0.3) is 11.0 Å². The number of pyridine rings is 1. The van der Waals surface area contributed by atoms with Gasteiger partial charge in [-0.2, -0.15) is 4.98 Å². The van der Waals surface area contributed by atoms with Crippen LogP contribution in [0.5, 0.6) is 11.5 Å². The molecule has 1 amide bonds. The maximum absolute atomic E-state index is 12.7. The molecule has 34 heavy (non-hydrogen) atoms. The van der Waals surface area contributed by atoms with Crippen LogP contribution in [0.1, 0.15) is 31.7 Å². The number of aliphatic hydroxyl groups is 1. The number of aromatic nitrogens is 3. The minimum absolute atomic E-state index is 0.118. The molecule has 2 heterocycles. The van der Waals surface area contributed by atoms with Gasteiger partial charge in [0.05, 0.1) is 26.3 Å². The van der Waals surface area contributed by atoms with Crippen molar-refractivity contribution in [2.75, 3.05) is 38.0 Å². The number of methoxy groups -OCH3 is 2. The topological polar surface area (TPSA) is 131 Å². The maximum Gasteiger partial charge on any atom is 0.242 e. The van der Waals surface area contributed by atoms with E-state index < -0.39 is 6.04 Å². The molecule has 10 heteroatoms. The molecule has 182 valence electrons. The van der Waals surface area contributed by atoms with Crippen LogP contribution in [-0.2, 0) is 11.3 Å². The molecule has 0 spiro atoms. The molecule has 10 nitrogen and oxygen atoms in total. The molecule has 0 unspecified atom stereocenters. The first-order chi connectivity index (χ1) is 16.6. The number of hydrogen-bond donors (Lipinski definition) is 4. The SMILES string of the molecule is CCCC[C@@H](Nc1nc(NCc2ccc(OC)cc2OC)nc2cccnc12)C(=O)NCCO. The summed E-state index contributed by atoms with van der Waals surface area (Å²) in [6.45, 7) is 2.57. The Hall–Kier alpha value is -3.66. The van der Waals surface area contributed by atoms with E-state index in [1.165, 1.54) is 0 Å². The van der Waals surface area contributed by atoms with E-state index in [-0.39, 0.29) is 19.1 Å². The molecule has 2 aromatic heterocycles. The minimum Gasteiger partial charge on any atom is -0.497 e. The first-order valence-corrected chi connectivity index (χ1v) is 11.3. The molecule has 3 aromatic rings. The van der Waals surface area contributed by atoms with Crippen molar-refractivity contribution in [1.82, 2.24) is 20.3 Å². The average Bonchev–Trinajstić information content (AvgIpc) is 2.88. The molecule has 1 atom stereocenters. The minimum atomic E-state index is -0.513. The van der Waals surface area contributed by atoms with Gasteiger partial charge in [-0.15, -0.1) is 0 Å². The Kier molecular flexibility index (Phi) is 9.21. The van der Waals surface area contributed by atoms with Crippen LogP contribution in [0.4, 0.5) is 11.8 Å². The lowest BCUT2D eigenvalue weighted by Crippen LogP contribution is -2.41. The highest BCUT2D eigenvalue weighted by atomic mass is 16.5. The van der Waals surface area contributed by atoms with Crippen molar-refractivity contribution in [2.45, 2.75) is 38.8 Å². The fourth-order valence-corrected chi connectivity index (χ4v) is 3.46. The monoisotopic (exact) mass is 468 g/mol. The third kappa shape index (κ3) is 6.44. The normalized spacial score (nSPS) is 11.6. The Balaban J connectivity index is 1.86. The van der Waals surface area contributed by atoms with E-state index in [0.717, 1.165) is 18.4 Å². The summed E-state index contributed by atoms with van der Waals surface area (Å²) in [5.41, 5.74) is 2.14. The number of aliphatic hydroxyl groups excluding tert-OH is 1. The zero-order valence-electron chi connectivity index (χ0n) is 19.8. The lowest BCUT2D eigenvalue weighted by molar-refractivity contribution is -0.122. The third-order valence-electron chi connectivity index (χ3n) is 5.27. The van der Waals surface area contributed by atoms with Crippen LogP contribution in [-0.4, -0.2) is 59.4 Å². The highest BCUT2D eigenvalue weighted by Crippen LogP contribution is 2.26. The molecule has 1 aromatic carbocycles. The summed E-state index contributed by atoms with van der Waals surface area (Å²) in [5.74, 6) is 2.06. The number of anilines is 2. The molecule has 0 aliphatic heterocycles. The van der Waals surface area contributed by atoms with Gasteiger partial charge in [0.2, 0.25) is 11.9 Å². The summed E-state index contributed by atoms with van der Waals surface area (Å²) >= 11 is 0. The first kappa shape index (κ1) is 25.0. The number of amides is 1. The summed E-state index contributed by atoms with van der Waals surface area (Å²) in [4.78, 5) is 26.3. The average molecular weight is 469 g/mol. The van der Waals surface area contributed by atoms with E-state index in [2.05, 4.69) is 37.8 Å². The van der Waals surface area contributed by atoms with Crippen molar-refractivity contribution in [2.24, 2.45) is 0 Å². The molecule has 4 N–H and O–H groups in total. The predicted molar refractivity (Wildman–Crippen MR) is 131 cm³/mol. The van der Waals surface area contributed by atoms with E-state index in [4.69, 9.17) is 14.6 Å². The molecule has 0 aliphatic rings. The van der Waals surface area contributed by atoms with Crippen LogP contribution in [0, 0.1) is 0 Å². The highest BCUT2D eigenvalue weighted by Gasteiger charge is 2.20. The van der Waals surface area contributed by atoms with Crippen molar-refractivity contribution < 1.29 is 19.4 Å². The van der Waals surface area contributed by atoms with Crippen molar-refractivity contribution in [3.8, 4) is 11.5 Å². The number of nitrogens with zero attached hydrogens (tertiary/aromatic N) is 3. The molecular weight excluding hydrogens is 436 g/mol. The number of carbonyl (C=O) groups excluding carboxylic acids is 1. The molecular formula is C24H32N6O4. The Morgan fingerprint density at radius 3 is 2.76 bits per heavy atom. The van der Waals surface area contributed by atoms with Crippen molar-refractivity contribution >= 4 is 28.7 Å². The smallest absolute Gasteiger partial charge is 0.242 e. The maximum atomic E-state index is 12.7. The molecule has 3 rings (SSSR count). The van der Waals surface area contributed by atoms with Gasteiger partial charge in [0.15, 0.2) is 5.82 Å². The number of fused-ring (bicyclic) bond motifs is 1. The third-order valence-corrected chi connectivity index (χ3v) is 5.27. The van der Waals surface area contributed by atoms with Crippen LogP contribution >= 0.6 is 0 Å². The molecule has 0 radical (unpaired) electrons. The fraction of sp³-hybridized carbons (Fsp3) is 0.417. The molecule has 0 saturated carbocycles. The number of carbonyl (C=O) groups is 1. The highest BCUT2D eigenvalue weighted by molar-refractivity contribution is 5.90. The number of unbranched alkanes of at least 4 members (excludes halogenated alkanes) is 1. The van der Waals surface area contributed by atoms with Gasteiger partial charge in [0, 0.05) is 30.9 Å². The van der Waals surface area contributed by atoms with Crippen LogP contribution in [0.15, 0.2) is 36.5 Å². The van der Waals surface area contributed by atoms with Crippen molar-refractivity contribution in [3.63, 3.8) is 0 Å². The summed E-state index contributed by atoms with van der Waals surface area (Å²) in [6.07, 6.45) is 4.10. The van der Waals surface area contributed by atoms with Gasteiger partial charge in [0.25, 0.3) is 0 Å². The summed E-state index contributed by atoms with van der Waals surface area (Å²) < 4.78 is 10.7. The Morgan fingerprint density at radius 1 is 1.18 bits per heavy atom. The molecule has 0 saturated heterocycles. The fourth-order valence-electron chi connectivity index (χ4n) is 3.46. The van der Waals surface area contributed by atoms with Gasteiger partial charge in [-0.25, -0.2) is 4.98 Å². The summed E-state index contributed by atoms with van der Waals surface area (Å²) in [6, 6.07) is 8.73. The van der Waals surface area contributed by atoms with Crippen molar-refractivity contribution in [1.29, 1.82) is 0 Å². The van der Waals surface area contributed by atoms with E-state index in [1.54, 1.807) is 26.5 Å². The van der Waals surface area contributed by atoms with Crippen LogP contribution in [0.3, 0.4) is 0 Å². The number of benzene rings is 1. The van der Waals surface area contributed by atoms with Crippen molar-refractivity contribution in [3.05, 3.63) is 42.1 Å². The van der Waals surface area contributed by atoms with Gasteiger partial charge < -0.3 is 30.5 Å². The number of ether oxygens (including phenoxy) is 2. The van der Waals surface area contributed by atoms with Gasteiger partial charge >= 0.3 is 0 Å². The molecule has 0 fully saturated rings. The number of nitrogens with one attached hydrogen (secondary N) is 3. The zero-order chi connectivity index (χ0) is 24.3. The predicted octanol–water partition coefficient (Wildman–Crippen LogP) is 2.73. The zero-order valence-corrected chi connectivity index (χ0v) is 19.8. The van der Waals surface area contributed by atoms with Crippen LogP contribution in [0.2, 0.25) is 0 Å². The Morgan fingerprint density at radius 2 is 2.03 bits per heavy atom. The van der Waals surface area contributed by atoms with Gasteiger partial charge in [-0.3, -0.25) is 9.78 Å². The van der Waals surface area contributed by atoms with E-state index in [1.807, 2.05) is 24.3 Å². The van der Waals surface area contributed by atoms with Crippen LogP contribution < -0.4 is 25.4 Å². The van der Waals surface area contributed by atoms with E-state index in [9.17, 15) is 4.79 Å². The standard InChI is InChI=1S/C24H32N6O4/c1-4-5-7-19(23(32)26-12-13-31)28-22-21-18(8-6-11-25-21)29-24(30-22)27-15-16-9-10-17(33-2)14-20(16)34-3/h6,8-11,14,19,31H,4-5,7,12-13,15H2,1-3H3,(H,26,32)(H2,27,28,29,30)/t19-/m1/s1. The van der Waals surface area contributed by atoms with E-state index in [0.29, 0.717) is 47.3 Å². The quantitative estimate of drug-likeness (QED) is 0.299. The summed E-state index contributed by atoms with van der Waals surface area (Å²) in [5, 5.41) is 18.3. The van der Waals surface area contributed by atoms with E-state index >= 15 is 0 Å². The number of rotatable bonds is 13. The Bertz CT molecular complexity index is 1090. The second-order valence-electron chi connectivity index (χ2n) is 7.65. The van der Waals surface area contributed by atoms with Gasteiger partial charge in [0.1, 0.15) is 23.1 Å². The van der Waals surface area contributed by atoms with Gasteiger partial charge in [-0.1, -0.05) is 19.8 Å². The lowest BCUT2D eigenvalue weighted by Gasteiger charge is -2.20. The number of hydrogen-bond acceptors (Lipinski definition) is 9. The first-order valence-electron chi connectivity index (χ1n) is 11.3. The van der Waals surface area contributed by atoms with Gasteiger partial charge in [-0.05, 0) is 30.7 Å². The largest absolute Gasteiger partial charge is 0.497 e. The second-order valence-corrected chi connectivity index (χ2v) is 7.65. The lowest BCUT2D eigenvalue weighted by atomic mass is 10.1. The second kappa shape index (κ2) is 12.5. The molecule has 0 bridgehead atoms. The summed E-state index contributed by atoms with van der Waals surface area (Å²) in [7, 11) is 3.22. The molecule has 0 aliphatic carbocycles.